The fraction of sp³-hybridized carbons (Fsp3) is 0.300. The van der Waals surface area contributed by atoms with Crippen LogP contribution in [0, 0.1) is 5.92 Å². The number of likely N-dealkylation sites (tertiary alicyclic amines) is 1. The number of carbonyl (C=O) groups excluding carboxylic acids is 2. The lowest BCUT2D eigenvalue weighted by Gasteiger charge is -2.16. The summed E-state index contributed by atoms with van der Waals surface area (Å²) in [4.78, 5) is 26.3. The first-order valence-electron chi connectivity index (χ1n) is 8.55. The molecule has 1 saturated heterocycles. The molecule has 2 aromatic carbocycles. The van der Waals surface area contributed by atoms with Gasteiger partial charge in [-0.25, -0.2) is 0 Å². The van der Waals surface area contributed by atoms with E-state index < -0.39 is 0 Å². The van der Waals surface area contributed by atoms with Crippen LogP contribution >= 0.6 is 23.2 Å². The van der Waals surface area contributed by atoms with E-state index in [1.165, 1.54) is 0 Å². The maximum atomic E-state index is 12.4. The van der Waals surface area contributed by atoms with Crippen LogP contribution in [0.4, 0.5) is 0 Å². The molecule has 0 spiro atoms. The normalized spacial score (nSPS) is 16.8. The molecule has 6 heteroatoms. The molecule has 1 aliphatic heterocycles. The van der Waals surface area contributed by atoms with Gasteiger partial charge in [0.15, 0.2) is 0 Å². The van der Waals surface area contributed by atoms with E-state index in [0.717, 1.165) is 17.5 Å². The van der Waals surface area contributed by atoms with E-state index in [2.05, 4.69) is 5.32 Å². The molecule has 1 atom stereocenters. The van der Waals surface area contributed by atoms with E-state index in [9.17, 15) is 9.59 Å². The SMILES string of the molecule is O=C(NCc1ccc(Cl)cc1)C1CC(=O)N(CCc2cccc(Cl)c2)C1. The van der Waals surface area contributed by atoms with Crippen molar-refractivity contribution in [2.45, 2.75) is 19.4 Å². The van der Waals surface area contributed by atoms with Gasteiger partial charge in [0.05, 0.1) is 5.92 Å². The van der Waals surface area contributed by atoms with Crippen LogP contribution in [0.5, 0.6) is 0 Å². The third-order valence-electron chi connectivity index (χ3n) is 4.52. The predicted molar refractivity (Wildman–Crippen MR) is 103 cm³/mol. The Labute approximate surface area is 163 Å². The summed E-state index contributed by atoms with van der Waals surface area (Å²) in [5.74, 6) is -0.355. The number of benzene rings is 2. The second kappa shape index (κ2) is 8.56. The Hall–Kier alpha value is -2.04. The third-order valence-corrected chi connectivity index (χ3v) is 5.01. The topological polar surface area (TPSA) is 49.4 Å². The van der Waals surface area contributed by atoms with Gasteiger partial charge < -0.3 is 10.2 Å². The van der Waals surface area contributed by atoms with Crippen molar-refractivity contribution in [2.24, 2.45) is 5.92 Å². The highest BCUT2D eigenvalue weighted by atomic mass is 35.5. The Morgan fingerprint density at radius 1 is 1.08 bits per heavy atom. The van der Waals surface area contributed by atoms with Gasteiger partial charge in [0.1, 0.15) is 0 Å². The van der Waals surface area contributed by atoms with Crippen molar-refractivity contribution in [1.82, 2.24) is 10.2 Å². The Morgan fingerprint density at radius 2 is 1.85 bits per heavy atom. The maximum Gasteiger partial charge on any atom is 0.225 e. The van der Waals surface area contributed by atoms with Crippen molar-refractivity contribution in [2.75, 3.05) is 13.1 Å². The molecule has 0 bridgehead atoms. The number of hydrogen-bond acceptors (Lipinski definition) is 2. The van der Waals surface area contributed by atoms with Gasteiger partial charge in [0.2, 0.25) is 11.8 Å². The Morgan fingerprint density at radius 3 is 2.58 bits per heavy atom. The van der Waals surface area contributed by atoms with Crippen molar-refractivity contribution >= 4 is 35.0 Å². The van der Waals surface area contributed by atoms with Crippen molar-refractivity contribution in [3.8, 4) is 0 Å². The van der Waals surface area contributed by atoms with Crippen LogP contribution in [0.2, 0.25) is 10.0 Å². The van der Waals surface area contributed by atoms with Crippen molar-refractivity contribution < 1.29 is 9.59 Å². The number of amides is 2. The lowest BCUT2D eigenvalue weighted by molar-refractivity contribution is -0.129. The Kier molecular flexibility index (Phi) is 6.17. The van der Waals surface area contributed by atoms with E-state index in [1.807, 2.05) is 36.4 Å². The van der Waals surface area contributed by atoms with Crippen LogP contribution in [-0.4, -0.2) is 29.8 Å². The number of nitrogens with zero attached hydrogens (tertiary/aromatic N) is 1. The molecule has 26 heavy (non-hydrogen) atoms. The van der Waals surface area contributed by atoms with Crippen molar-refractivity contribution in [3.05, 3.63) is 69.7 Å². The molecule has 1 aliphatic rings. The molecular formula is C20H20Cl2N2O2. The van der Waals surface area contributed by atoms with Crippen molar-refractivity contribution in [3.63, 3.8) is 0 Å². The van der Waals surface area contributed by atoms with Gasteiger partial charge in [-0.05, 0) is 41.8 Å². The number of nitrogens with one attached hydrogen (secondary N) is 1. The molecule has 1 heterocycles. The van der Waals surface area contributed by atoms with E-state index in [1.54, 1.807) is 17.0 Å². The smallest absolute Gasteiger partial charge is 0.225 e. The molecule has 1 fully saturated rings. The van der Waals surface area contributed by atoms with Crippen LogP contribution in [0.3, 0.4) is 0 Å². The van der Waals surface area contributed by atoms with Gasteiger partial charge in [0, 0.05) is 36.1 Å². The standard InChI is InChI=1S/C20H20Cl2N2O2/c21-17-6-4-15(5-7-17)12-23-20(26)16-11-19(25)24(13-16)9-8-14-2-1-3-18(22)10-14/h1-7,10,16H,8-9,11-13H2,(H,23,26). The zero-order chi connectivity index (χ0) is 18.5. The highest BCUT2D eigenvalue weighted by Crippen LogP contribution is 2.19. The first kappa shape index (κ1) is 18.7. The highest BCUT2D eigenvalue weighted by molar-refractivity contribution is 6.30. The minimum atomic E-state index is -0.297. The molecule has 1 unspecified atom stereocenters. The summed E-state index contributed by atoms with van der Waals surface area (Å²) in [6.07, 6.45) is 0.993. The van der Waals surface area contributed by atoms with Gasteiger partial charge in [-0.2, -0.15) is 0 Å². The molecule has 2 amide bonds. The van der Waals surface area contributed by atoms with Crippen LogP contribution in [-0.2, 0) is 22.6 Å². The molecule has 0 saturated carbocycles. The fourth-order valence-corrected chi connectivity index (χ4v) is 3.40. The molecular weight excluding hydrogens is 371 g/mol. The number of rotatable bonds is 6. The number of hydrogen-bond donors (Lipinski definition) is 1. The van der Waals surface area contributed by atoms with Gasteiger partial charge in [-0.3, -0.25) is 9.59 Å². The average Bonchev–Trinajstić information content (AvgIpc) is 3.00. The molecule has 136 valence electrons. The monoisotopic (exact) mass is 390 g/mol. The van der Waals surface area contributed by atoms with Gasteiger partial charge in [0.25, 0.3) is 0 Å². The summed E-state index contributed by atoms with van der Waals surface area (Å²) in [6, 6.07) is 14.9. The first-order valence-corrected chi connectivity index (χ1v) is 9.31. The quantitative estimate of drug-likeness (QED) is 0.817. The van der Waals surface area contributed by atoms with Crippen molar-refractivity contribution in [1.29, 1.82) is 0 Å². The van der Waals surface area contributed by atoms with Crippen LogP contribution in [0.1, 0.15) is 17.5 Å². The van der Waals surface area contributed by atoms with E-state index >= 15 is 0 Å². The predicted octanol–water partition coefficient (Wildman–Crippen LogP) is 3.70. The van der Waals surface area contributed by atoms with E-state index in [-0.39, 0.29) is 24.2 Å². The highest BCUT2D eigenvalue weighted by Gasteiger charge is 2.33. The summed E-state index contributed by atoms with van der Waals surface area (Å²) in [5, 5.41) is 4.26. The molecule has 0 aliphatic carbocycles. The van der Waals surface area contributed by atoms with Crippen LogP contribution in [0.15, 0.2) is 48.5 Å². The lowest BCUT2D eigenvalue weighted by Crippen LogP contribution is -2.33. The first-order chi connectivity index (χ1) is 12.5. The number of halogens is 2. The van der Waals surface area contributed by atoms with E-state index in [0.29, 0.717) is 29.7 Å². The minimum Gasteiger partial charge on any atom is -0.352 e. The van der Waals surface area contributed by atoms with Crippen LogP contribution < -0.4 is 5.32 Å². The Bertz CT molecular complexity index is 793. The second-order valence-electron chi connectivity index (χ2n) is 6.46. The summed E-state index contributed by atoms with van der Waals surface area (Å²) in [6.45, 7) is 1.50. The minimum absolute atomic E-state index is 0.0265. The van der Waals surface area contributed by atoms with Gasteiger partial charge in [-0.15, -0.1) is 0 Å². The zero-order valence-corrected chi connectivity index (χ0v) is 15.8. The maximum absolute atomic E-state index is 12.4. The summed E-state index contributed by atoms with van der Waals surface area (Å²) < 4.78 is 0. The zero-order valence-electron chi connectivity index (χ0n) is 14.3. The third kappa shape index (κ3) is 4.99. The van der Waals surface area contributed by atoms with Crippen LogP contribution in [0.25, 0.3) is 0 Å². The second-order valence-corrected chi connectivity index (χ2v) is 7.34. The van der Waals surface area contributed by atoms with E-state index in [4.69, 9.17) is 23.2 Å². The molecule has 2 aromatic rings. The summed E-state index contributed by atoms with van der Waals surface area (Å²) in [7, 11) is 0. The molecule has 0 aromatic heterocycles. The number of carbonyl (C=O) groups is 2. The Balaban J connectivity index is 1.48. The summed E-state index contributed by atoms with van der Waals surface area (Å²) in [5.41, 5.74) is 2.06. The largest absolute Gasteiger partial charge is 0.352 e. The van der Waals surface area contributed by atoms with Gasteiger partial charge in [-0.1, -0.05) is 47.5 Å². The molecule has 0 radical (unpaired) electrons. The molecule has 4 nitrogen and oxygen atoms in total. The summed E-state index contributed by atoms with van der Waals surface area (Å²) >= 11 is 11.8. The van der Waals surface area contributed by atoms with Gasteiger partial charge >= 0.3 is 0 Å². The lowest BCUT2D eigenvalue weighted by atomic mass is 10.1. The molecule has 1 N–H and O–H groups in total. The average molecular weight is 391 g/mol. The fourth-order valence-electron chi connectivity index (χ4n) is 3.06. The molecule has 3 rings (SSSR count).